The number of amides is 2. The molecule has 7 nitrogen and oxygen atoms in total. The van der Waals surface area contributed by atoms with Crippen molar-refractivity contribution in [1.29, 1.82) is 0 Å². The predicted molar refractivity (Wildman–Crippen MR) is 91.3 cm³/mol. The fraction of sp³-hybridized carbons (Fsp3) is 0.125. The zero-order chi connectivity index (χ0) is 18.0. The summed E-state index contributed by atoms with van der Waals surface area (Å²) < 4.78 is 5.39. The first-order valence-corrected chi connectivity index (χ1v) is 8.03. The van der Waals surface area contributed by atoms with Gasteiger partial charge in [0.25, 0.3) is 11.8 Å². The van der Waals surface area contributed by atoms with E-state index >= 15 is 0 Å². The molecule has 1 aliphatic rings. The first kappa shape index (κ1) is 17.5. The molecule has 0 radical (unpaired) electrons. The Hall–Kier alpha value is -2.32. The van der Waals surface area contributed by atoms with Crippen molar-refractivity contribution in [2.75, 3.05) is 11.9 Å². The third-order valence-corrected chi connectivity index (χ3v) is 4.09. The first-order valence-electron chi connectivity index (χ1n) is 7.27. The van der Waals surface area contributed by atoms with Crippen LogP contribution in [-0.4, -0.2) is 23.6 Å². The number of rotatable bonds is 3. The molecular formula is C16H14Cl2N3O4+. The quantitative estimate of drug-likeness (QED) is 0.479. The number of nitrogens with two attached hydrogens (primary N) is 1. The number of halogens is 2. The van der Waals surface area contributed by atoms with Gasteiger partial charge in [0, 0.05) is 28.4 Å². The molecular weight excluding hydrogens is 369 g/mol. The molecule has 0 saturated heterocycles. The summed E-state index contributed by atoms with van der Waals surface area (Å²) in [4.78, 5) is 24.6. The van der Waals surface area contributed by atoms with E-state index in [2.05, 4.69) is 10.6 Å². The van der Waals surface area contributed by atoms with Crippen molar-refractivity contribution in [2.24, 2.45) is 0 Å². The van der Waals surface area contributed by atoms with Crippen LogP contribution in [0.4, 0.5) is 11.4 Å². The number of quaternary nitrogens is 1. The second kappa shape index (κ2) is 7.28. The minimum absolute atomic E-state index is 0.222. The van der Waals surface area contributed by atoms with E-state index in [1.807, 2.05) is 0 Å². The minimum Gasteiger partial charge on any atom is -0.482 e. The maximum atomic E-state index is 12.7. The molecule has 2 aromatic carbocycles. The Morgan fingerprint density at radius 1 is 1.28 bits per heavy atom. The van der Waals surface area contributed by atoms with E-state index < -0.39 is 17.9 Å². The maximum absolute atomic E-state index is 12.7. The van der Waals surface area contributed by atoms with Crippen LogP contribution in [-0.2, 0) is 9.59 Å². The highest BCUT2D eigenvalue weighted by Gasteiger charge is 2.31. The topological polar surface area (TPSA) is 104 Å². The second-order valence-corrected chi connectivity index (χ2v) is 6.18. The number of hydrogen-bond donors (Lipinski definition) is 4. The molecule has 25 heavy (non-hydrogen) atoms. The number of carbonyl (C=O) groups excluding carboxylic acids is 2. The zero-order valence-electron chi connectivity index (χ0n) is 12.8. The molecule has 2 amide bonds. The number of nitrogens with one attached hydrogen (secondary N) is 2. The number of benzene rings is 2. The SMILES string of the molecule is O=C1COc2c(Cl)cc(Cl)cc2C(C(=O)Nc2ccc([NH2+]O)cc2)N1. The van der Waals surface area contributed by atoms with Gasteiger partial charge in [0.05, 0.1) is 5.02 Å². The molecule has 0 bridgehead atoms. The molecule has 0 spiro atoms. The summed E-state index contributed by atoms with van der Waals surface area (Å²) in [7, 11) is 0. The van der Waals surface area contributed by atoms with Crippen molar-refractivity contribution in [3.05, 3.63) is 52.0 Å². The molecule has 0 fully saturated rings. The average molecular weight is 383 g/mol. The van der Waals surface area contributed by atoms with Crippen LogP contribution in [0.25, 0.3) is 0 Å². The van der Waals surface area contributed by atoms with Crippen LogP contribution in [0, 0.1) is 0 Å². The monoisotopic (exact) mass is 382 g/mol. The molecule has 9 heteroatoms. The van der Waals surface area contributed by atoms with Gasteiger partial charge >= 0.3 is 0 Å². The highest BCUT2D eigenvalue weighted by molar-refractivity contribution is 6.35. The van der Waals surface area contributed by atoms with Crippen LogP contribution in [0.3, 0.4) is 0 Å². The lowest BCUT2D eigenvalue weighted by Gasteiger charge is -2.18. The molecule has 1 heterocycles. The van der Waals surface area contributed by atoms with Crippen LogP contribution in [0.15, 0.2) is 36.4 Å². The number of fused-ring (bicyclic) bond motifs is 1. The Kier molecular flexibility index (Phi) is 5.10. The van der Waals surface area contributed by atoms with E-state index in [0.29, 0.717) is 22.0 Å². The van der Waals surface area contributed by atoms with Gasteiger partial charge in [0.15, 0.2) is 12.3 Å². The standard InChI is InChI=1S/C16H13Cl2N3O4/c17-8-5-11-14(20-13(22)7-25-15(11)12(18)6-8)16(23)19-9-1-3-10(21-24)4-2-9/h1-6,14,21,24H,7H2,(H,19,23)(H,20,22)/p+1. The van der Waals surface area contributed by atoms with Crippen molar-refractivity contribution < 1.29 is 25.0 Å². The third kappa shape index (κ3) is 3.85. The summed E-state index contributed by atoms with van der Waals surface area (Å²) in [5.41, 5.74) is 2.43. The van der Waals surface area contributed by atoms with E-state index in [4.69, 9.17) is 33.1 Å². The normalized spacial score (nSPS) is 16.3. The van der Waals surface area contributed by atoms with Crippen LogP contribution in [0.2, 0.25) is 10.0 Å². The number of ether oxygens (including phenoxy) is 1. The van der Waals surface area contributed by atoms with E-state index in [1.165, 1.54) is 12.1 Å². The minimum atomic E-state index is -1.01. The van der Waals surface area contributed by atoms with Crippen molar-refractivity contribution in [3.8, 4) is 5.75 Å². The summed E-state index contributed by atoms with van der Waals surface area (Å²) in [6, 6.07) is 8.52. The lowest BCUT2D eigenvalue weighted by molar-refractivity contribution is -0.825. The van der Waals surface area contributed by atoms with E-state index in [9.17, 15) is 9.59 Å². The molecule has 1 atom stereocenters. The van der Waals surface area contributed by atoms with E-state index in [-0.39, 0.29) is 17.4 Å². The molecule has 130 valence electrons. The number of carbonyl (C=O) groups is 2. The van der Waals surface area contributed by atoms with Gasteiger partial charge in [0.2, 0.25) is 0 Å². The number of hydrogen-bond acceptors (Lipinski definition) is 4. The van der Waals surface area contributed by atoms with Gasteiger partial charge in [-0.3, -0.25) is 9.59 Å². The molecule has 3 rings (SSSR count). The Balaban J connectivity index is 1.91. The molecule has 0 saturated carbocycles. The van der Waals surface area contributed by atoms with E-state index in [0.717, 1.165) is 5.48 Å². The van der Waals surface area contributed by atoms with Crippen molar-refractivity contribution in [3.63, 3.8) is 0 Å². The third-order valence-electron chi connectivity index (χ3n) is 3.59. The molecule has 1 aliphatic heterocycles. The number of anilines is 1. The highest BCUT2D eigenvalue weighted by Crippen LogP contribution is 2.37. The molecule has 0 aromatic heterocycles. The van der Waals surface area contributed by atoms with Gasteiger partial charge in [-0.05, 0) is 24.3 Å². The van der Waals surface area contributed by atoms with Crippen molar-refractivity contribution in [1.82, 2.24) is 5.32 Å². The Morgan fingerprint density at radius 3 is 2.68 bits per heavy atom. The molecule has 2 aromatic rings. The fourth-order valence-corrected chi connectivity index (χ4v) is 3.00. The van der Waals surface area contributed by atoms with Crippen molar-refractivity contribution in [2.45, 2.75) is 6.04 Å². The molecule has 1 unspecified atom stereocenters. The highest BCUT2D eigenvalue weighted by atomic mass is 35.5. The van der Waals surface area contributed by atoms with Gasteiger partial charge in [-0.15, -0.1) is 0 Å². The summed E-state index contributed by atoms with van der Waals surface area (Å²) in [6.07, 6.45) is 0. The maximum Gasteiger partial charge on any atom is 0.258 e. The van der Waals surface area contributed by atoms with Gasteiger partial charge < -0.3 is 15.4 Å². The summed E-state index contributed by atoms with van der Waals surface area (Å²) in [5, 5.41) is 14.8. The molecule has 5 N–H and O–H groups in total. The van der Waals surface area contributed by atoms with E-state index in [1.54, 1.807) is 24.3 Å². The summed E-state index contributed by atoms with van der Waals surface area (Å²) in [5.74, 6) is -0.678. The fourth-order valence-electron chi connectivity index (χ4n) is 2.44. The summed E-state index contributed by atoms with van der Waals surface area (Å²) in [6.45, 7) is -0.251. The predicted octanol–water partition coefficient (Wildman–Crippen LogP) is 1.77. The Bertz CT molecular complexity index is 827. The zero-order valence-corrected chi connectivity index (χ0v) is 14.3. The van der Waals surface area contributed by atoms with Crippen LogP contribution >= 0.6 is 23.2 Å². The Labute approximate surface area is 152 Å². The Morgan fingerprint density at radius 2 is 2.00 bits per heavy atom. The van der Waals surface area contributed by atoms with Crippen LogP contribution < -0.4 is 20.9 Å². The van der Waals surface area contributed by atoms with Gasteiger partial charge in [-0.2, -0.15) is 5.48 Å². The smallest absolute Gasteiger partial charge is 0.258 e. The van der Waals surface area contributed by atoms with Crippen LogP contribution in [0.1, 0.15) is 11.6 Å². The van der Waals surface area contributed by atoms with Gasteiger partial charge in [-0.1, -0.05) is 23.2 Å². The van der Waals surface area contributed by atoms with Crippen molar-refractivity contribution >= 4 is 46.4 Å². The lowest BCUT2D eigenvalue weighted by Crippen LogP contribution is -2.73. The molecule has 0 aliphatic carbocycles. The van der Waals surface area contributed by atoms with Crippen LogP contribution in [0.5, 0.6) is 5.75 Å². The largest absolute Gasteiger partial charge is 0.482 e. The summed E-state index contributed by atoms with van der Waals surface area (Å²) >= 11 is 12.1. The van der Waals surface area contributed by atoms with Gasteiger partial charge in [-0.25, -0.2) is 5.21 Å². The second-order valence-electron chi connectivity index (χ2n) is 5.34. The van der Waals surface area contributed by atoms with Gasteiger partial charge in [0.1, 0.15) is 11.8 Å². The average Bonchev–Trinajstić information content (AvgIpc) is 2.75. The first-order chi connectivity index (χ1) is 12.0. The lowest BCUT2D eigenvalue weighted by atomic mass is 10.0.